The molecule has 152 valence electrons. The average Bonchev–Trinajstić information content (AvgIpc) is 3.35. The third-order valence-corrected chi connectivity index (χ3v) is 6.33. The van der Waals surface area contributed by atoms with E-state index in [4.69, 9.17) is 14.5 Å². The van der Waals surface area contributed by atoms with Crippen molar-refractivity contribution in [2.24, 2.45) is 0 Å². The fraction of sp³-hybridized carbons (Fsp3) is 0.391. The van der Waals surface area contributed by atoms with Crippen LogP contribution in [0.4, 0.5) is 5.13 Å². The average molecular weight is 411 g/mol. The van der Waals surface area contributed by atoms with Gasteiger partial charge >= 0.3 is 0 Å². The van der Waals surface area contributed by atoms with Crippen LogP contribution >= 0.6 is 11.3 Å². The Morgan fingerprint density at radius 1 is 1.28 bits per heavy atom. The number of hydrogen-bond donors (Lipinski definition) is 0. The second kappa shape index (κ2) is 8.51. The molecule has 1 atom stereocenters. The maximum Gasteiger partial charge on any atom is 0.233 e. The molecule has 1 unspecified atom stereocenters. The molecule has 1 aromatic heterocycles. The Labute approximate surface area is 175 Å². The summed E-state index contributed by atoms with van der Waals surface area (Å²) in [5.74, 6) is 0.875. The van der Waals surface area contributed by atoms with Crippen LogP contribution in [0, 0.1) is 13.8 Å². The lowest BCUT2D eigenvalue weighted by atomic mass is 10.1. The summed E-state index contributed by atoms with van der Waals surface area (Å²) >= 11 is 1.57. The Morgan fingerprint density at radius 2 is 2.14 bits per heavy atom. The number of aromatic nitrogens is 1. The molecule has 1 amide bonds. The summed E-state index contributed by atoms with van der Waals surface area (Å²) in [4.78, 5) is 19.9. The topological polar surface area (TPSA) is 51.7 Å². The van der Waals surface area contributed by atoms with Gasteiger partial charge in [0, 0.05) is 6.61 Å². The van der Waals surface area contributed by atoms with Crippen molar-refractivity contribution in [1.29, 1.82) is 0 Å². The van der Waals surface area contributed by atoms with Crippen LogP contribution in [0.1, 0.15) is 29.5 Å². The van der Waals surface area contributed by atoms with Crippen LogP contribution < -0.4 is 9.64 Å². The molecule has 1 saturated heterocycles. The van der Waals surface area contributed by atoms with E-state index in [-0.39, 0.29) is 12.0 Å². The highest BCUT2D eigenvalue weighted by Crippen LogP contribution is 2.31. The molecule has 0 bridgehead atoms. The number of benzene rings is 2. The van der Waals surface area contributed by atoms with Gasteiger partial charge in [0.1, 0.15) is 5.75 Å². The van der Waals surface area contributed by atoms with Gasteiger partial charge in [-0.25, -0.2) is 4.98 Å². The minimum absolute atomic E-state index is 0.0424. The minimum Gasteiger partial charge on any atom is -0.496 e. The summed E-state index contributed by atoms with van der Waals surface area (Å²) in [7, 11) is 1.66. The Hall–Kier alpha value is -2.44. The molecular formula is C23H26N2O3S. The molecule has 6 heteroatoms. The van der Waals surface area contributed by atoms with Crippen molar-refractivity contribution >= 4 is 32.6 Å². The fourth-order valence-corrected chi connectivity index (χ4v) is 4.82. The lowest BCUT2D eigenvalue weighted by Crippen LogP contribution is -2.38. The standard InChI is InChI=1S/C23H26N2O3S/c1-15-6-8-19-21(11-15)29-23(24-19)25(14-18-5-4-10-28-18)22(26)13-17-7-9-20(27-3)16(2)12-17/h6-9,11-12,18H,4-5,10,13-14H2,1-3H3. The lowest BCUT2D eigenvalue weighted by Gasteiger charge is -2.23. The van der Waals surface area contributed by atoms with Crippen LogP contribution in [0.2, 0.25) is 0 Å². The molecule has 0 N–H and O–H groups in total. The first kappa shape index (κ1) is 19.9. The predicted octanol–water partition coefficient (Wildman–Crippen LogP) is 4.68. The molecule has 2 heterocycles. The summed E-state index contributed by atoms with van der Waals surface area (Å²) in [6.45, 7) is 5.38. The number of fused-ring (bicyclic) bond motifs is 1. The second-order valence-corrected chi connectivity index (χ2v) is 8.60. The second-order valence-electron chi connectivity index (χ2n) is 7.59. The number of aryl methyl sites for hydroxylation is 2. The molecule has 1 aliphatic rings. The number of methoxy groups -OCH3 is 1. The van der Waals surface area contributed by atoms with Crippen LogP contribution in [0.3, 0.4) is 0 Å². The van der Waals surface area contributed by atoms with Crippen LogP contribution in [0.5, 0.6) is 5.75 Å². The minimum atomic E-state index is 0.0424. The van der Waals surface area contributed by atoms with Crippen molar-refractivity contribution in [3.63, 3.8) is 0 Å². The van der Waals surface area contributed by atoms with E-state index in [9.17, 15) is 4.79 Å². The zero-order chi connectivity index (χ0) is 20.4. The number of anilines is 1. The first-order valence-corrected chi connectivity index (χ1v) is 10.8. The van der Waals surface area contributed by atoms with Crippen LogP contribution in [-0.4, -0.2) is 37.3 Å². The van der Waals surface area contributed by atoms with Gasteiger partial charge in [-0.15, -0.1) is 0 Å². The van der Waals surface area contributed by atoms with Crippen molar-refractivity contribution in [2.45, 2.75) is 39.2 Å². The normalized spacial score (nSPS) is 16.3. The molecule has 1 fully saturated rings. The summed E-state index contributed by atoms with van der Waals surface area (Å²) in [5.41, 5.74) is 4.13. The Morgan fingerprint density at radius 3 is 2.86 bits per heavy atom. The van der Waals surface area contributed by atoms with Gasteiger partial charge < -0.3 is 9.47 Å². The summed E-state index contributed by atoms with van der Waals surface area (Å²) in [6.07, 6.45) is 2.43. The molecule has 0 radical (unpaired) electrons. The molecule has 5 nitrogen and oxygen atoms in total. The quantitative estimate of drug-likeness (QED) is 0.592. The maximum absolute atomic E-state index is 13.3. The molecular weight excluding hydrogens is 384 g/mol. The third-order valence-electron chi connectivity index (χ3n) is 5.29. The van der Waals surface area contributed by atoms with Crippen molar-refractivity contribution in [2.75, 3.05) is 25.2 Å². The molecule has 0 aliphatic carbocycles. The number of carbonyl (C=O) groups excluding carboxylic acids is 1. The largest absolute Gasteiger partial charge is 0.496 e. The summed E-state index contributed by atoms with van der Waals surface area (Å²) < 4.78 is 12.3. The van der Waals surface area contributed by atoms with E-state index in [1.807, 2.05) is 36.1 Å². The van der Waals surface area contributed by atoms with Gasteiger partial charge in [0.2, 0.25) is 5.91 Å². The first-order chi connectivity index (χ1) is 14.0. The number of amides is 1. The van der Waals surface area contributed by atoms with Gasteiger partial charge in [0.15, 0.2) is 5.13 Å². The highest BCUT2D eigenvalue weighted by molar-refractivity contribution is 7.22. The first-order valence-electron chi connectivity index (χ1n) is 9.96. The van der Waals surface area contributed by atoms with Gasteiger partial charge in [-0.2, -0.15) is 0 Å². The molecule has 4 rings (SSSR count). The Kier molecular flexibility index (Phi) is 5.83. The van der Waals surface area contributed by atoms with E-state index < -0.39 is 0 Å². The molecule has 0 saturated carbocycles. The number of ether oxygens (including phenoxy) is 2. The number of nitrogens with zero attached hydrogens (tertiary/aromatic N) is 2. The molecule has 1 aliphatic heterocycles. The van der Waals surface area contributed by atoms with Gasteiger partial charge in [-0.1, -0.05) is 29.5 Å². The molecule has 29 heavy (non-hydrogen) atoms. The highest BCUT2D eigenvalue weighted by Gasteiger charge is 2.26. The van der Waals surface area contributed by atoms with Gasteiger partial charge in [-0.05, 0) is 61.6 Å². The van der Waals surface area contributed by atoms with Crippen LogP contribution in [0.15, 0.2) is 36.4 Å². The number of rotatable bonds is 6. The van der Waals surface area contributed by atoms with Gasteiger partial charge in [0.05, 0.1) is 36.4 Å². The third kappa shape index (κ3) is 4.43. The van der Waals surface area contributed by atoms with Crippen LogP contribution in [-0.2, 0) is 16.0 Å². The zero-order valence-corrected chi connectivity index (χ0v) is 17.9. The van der Waals surface area contributed by atoms with E-state index in [1.54, 1.807) is 18.4 Å². The molecule has 0 spiro atoms. The number of hydrogen-bond acceptors (Lipinski definition) is 5. The monoisotopic (exact) mass is 410 g/mol. The van der Waals surface area contributed by atoms with Crippen molar-refractivity contribution in [1.82, 2.24) is 4.98 Å². The van der Waals surface area contributed by atoms with Gasteiger partial charge in [-0.3, -0.25) is 9.69 Å². The van der Waals surface area contributed by atoms with E-state index in [0.29, 0.717) is 13.0 Å². The molecule has 3 aromatic rings. The Bertz CT molecular complexity index is 1020. The van der Waals surface area contributed by atoms with Gasteiger partial charge in [0.25, 0.3) is 0 Å². The zero-order valence-electron chi connectivity index (χ0n) is 17.1. The fourth-order valence-electron chi connectivity index (χ4n) is 3.73. The SMILES string of the molecule is COc1ccc(CC(=O)N(CC2CCCO2)c2nc3ccc(C)cc3s2)cc1C. The smallest absolute Gasteiger partial charge is 0.233 e. The Balaban J connectivity index is 1.61. The predicted molar refractivity (Wildman–Crippen MR) is 117 cm³/mol. The highest BCUT2D eigenvalue weighted by atomic mass is 32.1. The lowest BCUT2D eigenvalue weighted by molar-refractivity contribution is -0.118. The molecule has 2 aromatic carbocycles. The van der Waals surface area contributed by atoms with E-state index in [2.05, 4.69) is 19.1 Å². The van der Waals surface area contributed by atoms with E-state index >= 15 is 0 Å². The summed E-state index contributed by atoms with van der Waals surface area (Å²) in [6, 6.07) is 12.1. The maximum atomic E-state index is 13.3. The number of thiazole rings is 1. The van der Waals surface area contributed by atoms with Crippen LogP contribution in [0.25, 0.3) is 10.2 Å². The van der Waals surface area contributed by atoms with E-state index in [0.717, 1.165) is 51.7 Å². The van der Waals surface area contributed by atoms with Crippen molar-refractivity contribution in [3.8, 4) is 5.75 Å². The summed E-state index contributed by atoms with van der Waals surface area (Å²) in [5, 5.41) is 0.747. The number of carbonyl (C=O) groups is 1. The van der Waals surface area contributed by atoms with Crippen molar-refractivity contribution in [3.05, 3.63) is 53.1 Å². The van der Waals surface area contributed by atoms with Crippen molar-refractivity contribution < 1.29 is 14.3 Å². The van der Waals surface area contributed by atoms with E-state index in [1.165, 1.54) is 5.56 Å².